The van der Waals surface area contributed by atoms with Crippen molar-refractivity contribution in [3.05, 3.63) is 87.6 Å². The topological polar surface area (TPSA) is 117 Å². The van der Waals surface area contributed by atoms with Gasteiger partial charge in [-0.3, -0.25) is 20.3 Å². The third kappa shape index (κ3) is 5.65. The highest BCUT2D eigenvalue weighted by molar-refractivity contribution is 7.15. The van der Waals surface area contributed by atoms with E-state index in [1.807, 2.05) is 53.4 Å². The summed E-state index contributed by atoms with van der Waals surface area (Å²) in [6, 6.07) is 15.3. The fraction of sp³-hybridized carbons (Fsp3) is 0.333. The Morgan fingerprint density at radius 1 is 1.13 bits per heavy atom. The Balaban J connectivity index is 1.31. The first kappa shape index (κ1) is 26.8. The summed E-state index contributed by atoms with van der Waals surface area (Å²) in [5.74, 6) is -0.234. The molecule has 1 aliphatic carbocycles. The van der Waals surface area contributed by atoms with E-state index in [9.17, 15) is 9.59 Å². The number of likely N-dealkylation sites (N-methyl/N-ethyl adjacent to an activating group) is 1. The maximum atomic E-state index is 13.5. The van der Waals surface area contributed by atoms with Crippen LogP contribution in [-0.4, -0.2) is 59.5 Å². The Bertz CT molecular complexity index is 1430. The van der Waals surface area contributed by atoms with E-state index < -0.39 is 0 Å². The molecule has 2 aromatic carbocycles. The van der Waals surface area contributed by atoms with Gasteiger partial charge in [0, 0.05) is 34.8 Å². The van der Waals surface area contributed by atoms with Crippen LogP contribution >= 0.6 is 11.3 Å². The minimum atomic E-state index is -0.185. The van der Waals surface area contributed by atoms with Crippen LogP contribution in [0.1, 0.15) is 67.7 Å². The zero-order chi connectivity index (χ0) is 27.5. The second-order valence-electron chi connectivity index (χ2n) is 10.4. The van der Waals surface area contributed by atoms with Crippen LogP contribution in [0.15, 0.2) is 54.7 Å². The minimum Gasteiger partial charge on any atom is -0.404 e. The SMILES string of the molecule is CN(C)[C@H]1CCc2nc(NC(=O)c3cccc([C@H]4CCCN4C(=O)c4cccc(/C(C=[NH2+])=C/N)c4)c3)sc2C1. The number of carbonyl (C=O) groups is 2. The molecule has 2 atom stereocenters. The smallest absolute Gasteiger partial charge is 0.257 e. The average molecular weight is 544 g/mol. The molecule has 202 valence electrons. The monoisotopic (exact) mass is 543 g/mol. The summed E-state index contributed by atoms with van der Waals surface area (Å²) in [6.07, 6.45) is 7.58. The second kappa shape index (κ2) is 11.5. The first-order valence-electron chi connectivity index (χ1n) is 13.3. The van der Waals surface area contributed by atoms with E-state index in [0.29, 0.717) is 34.4 Å². The molecule has 2 amide bonds. The van der Waals surface area contributed by atoms with Gasteiger partial charge in [-0.15, -0.1) is 11.3 Å². The van der Waals surface area contributed by atoms with Crippen molar-refractivity contribution in [2.75, 3.05) is 26.0 Å². The van der Waals surface area contributed by atoms with Gasteiger partial charge in [0.05, 0.1) is 17.3 Å². The molecule has 0 saturated carbocycles. The van der Waals surface area contributed by atoms with Gasteiger partial charge in [0.1, 0.15) is 0 Å². The van der Waals surface area contributed by atoms with Crippen molar-refractivity contribution < 1.29 is 15.0 Å². The Kier molecular flexibility index (Phi) is 7.90. The van der Waals surface area contributed by atoms with Gasteiger partial charge in [-0.05, 0) is 81.6 Å². The molecule has 8 nitrogen and oxygen atoms in total. The van der Waals surface area contributed by atoms with Crippen molar-refractivity contribution in [2.24, 2.45) is 5.73 Å². The Hall–Kier alpha value is -3.82. The standard InChI is InChI=1S/C30H34N6O2S/c1-35(2)24-11-12-25-27(16-24)39-30(33-25)34-28(37)21-8-4-7-20(15-21)26-10-5-13-36(26)29(38)22-9-3-6-19(14-22)23(17-31)18-32/h3-4,6-9,14-15,17-18,24,26,31H,5,10-13,16,32H2,1-2H3,(H,33,34,37)/p+1/b23-18+,31-17?/t24-,26+/m0/s1. The fourth-order valence-corrected chi connectivity index (χ4v) is 6.58. The number of hydrogen-bond donors (Lipinski definition) is 3. The van der Waals surface area contributed by atoms with E-state index >= 15 is 0 Å². The number of amides is 2. The van der Waals surface area contributed by atoms with Gasteiger partial charge in [-0.25, -0.2) is 4.98 Å². The van der Waals surface area contributed by atoms with E-state index in [1.165, 1.54) is 17.3 Å². The summed E-state index contributed by atoms with van der Waals surface area (Å²) in [4.78, 5) is 36.9. The quantitative estimate of drug-likeness (QED) is 0.396. The van der Waals surface area contributed by atoms with E-state index in [1.54, 1.807) is 11.3 Å². The van der Waals surface area contributed by atoms with Crippen LogP contribution in [-0.2, 0) is 12.8 Å². The molecule has 2 heterocycles. The average Bonchev–Trinajstić information content (AvgIpc) is 3.60. The largest absolute Gasteiger partial charge is 0.404 e. The number of fused-ring (bicyclic) bond motifs is 1. The van der Waals surface area contributed by atoms with Gasteiger partial charge in [-0.1, -0.05) is 24.3 Å². The molecule has 1 saturated heterocycles. The molecule has 0 spiro atoms. The highest BCUT2D eigenvalue weighted by Gasteiger charge is 2.31. The molecule has 9 heteroatoms. The van der Waals surface area contributed by atoms with Crippen LogP contribution in [0.25, 0.3) is 5.57 Å². The Labute approximate surface area is 233 Å². The third-order valence-electron chi connectivity index (χ3n) is 7.71. The summed E-state index contributed by atoms with van der Waals surface area (Å²) in [5, 5.41) is 9.34. The predicted octanol–water partition coefficient (Wildman–Crippen LogP) is 2.92. The van der Waals surface area contributed by atoms with Crippen molar-refractivity contribution in [3.8, 4) is 0 Å². The Morgan fingerprint density at radius 3 is 2.67 bits per heavy atom. The number of carbonyl (C=O) groups excluding carboxylic acids is 2. The first-order valence-corrected chi connectivity index (χ1v) is 14.1. The number of nitrogens with zero attached hydrogens (tertiary/aromatic N) is 3. The van der Waals surface area contributed by atoms with Crippen molar-refractivity contribution >= 4 is 40.1 Å². The summed E-state index contributed by atoms with van der Waals surface area (Å²) in [5.41, 5.74) is 10.3. The summed E-state index contributed by atoms with van der Waals surface area (Å²) in [6.45, 7) is 0.658. The second-order valence-corrected chi connectivity index (χ2v) is 11.4. The number of aromatic nitrogens is 1. The molecule has 2 aliphatic rings. The number of nitrogens with one attached hydrogen (secondary N) is 1. The van der Waals surface area contributed by atoms with Crippen LogP contribution in [0.5, 0.6) is 0 Å². The molecule has 5 rings (SSSR count). The number of benzene rings is 2. The molecular weight excluding hydrogens is 508 g/mol. The van der Waals surface area contributed by atoms with Gasteiger partial charge in [0.25, 0.3) is 11.8 Å². The maximum Gasteiger partial charge on any atom is 0.257 e. The van der Waals surface area contributed by atoms with Gasteiger partial charge in [0.15, 0.2) is 11.3 Å². The molecule has 1 aromatic heterocycles. The fourth-order valence-electron chi connectivity index (χ4n) is 5.51. The lowest BCUT2D eigenvalue weighted by atomic mass is 9.97. The molecule has 0 radical (unpaired) electrons. The van der Waals surface area contributed by atoms with Gasteiger partial charge in [-0.2, -0.15) is 0 Å². The predicted molar refractivity (Wildman–Crippen MR) is 156 cm³/mol. The van der Waals surface area contributed by atoms with E-state index in [4.69, 9.17) is 16.1 Å². The molecule has 3 aromatic rings. The summed E-state index contributed by atoms with van der Waals surface area (Å²) < 4.78 is 0. The van der Waals surface area contributed by atoms with E-state index in [0.717, 1.165) is 48.9 Å². The molecule has 1 aliphatic heterocycles. The van der Waals surface area contributed by atoms with Crippen LogP contribution in [0.3, 0.4) is 0 Å². The molecule has 5 N–H and O–H groups in total. The first-order chi connectivity index (χ1) is 18.9. The van der Waals surface area contributed by atoms with Crippen LogP contribution < -0.4 is 16.5 Å². The van der Waals surface area contributed by atoms with Crippen LogP contribution in [0.4, 0.5) is 5.13 Å². The lowest BCUT2D eigenvalue weighted by Gasteiger charge is -2.27. The van der Waals surface area contributed by atoms with E-state index in [-0.39, 0.29) is 17.9 Å². The number of nitrogens with two attached hydrogens (primary N) is 2. The minimum absolute atomic E-state index is 0.0491. The molecule has 0 bridgehead atoms. The molecule has 39 heavy (non-hydrogen) atoms. The normalized spacial score (nSPS) is 19.2. The lowest BCUT2D eigenvalue weighted by Crippen LogP contribution is -2.32. The van der Waals surface area contributed by atoms with Crippen LogP contribution in [0, 0.1) is 0 Å². The van der Waals surface area contributed by atoms with Crippen molar-refractivity contribution in [1.82, 2.24) is 14.8 Å². The number of allylic oxidation sites excluding steroid dienone is 1. The van der Waals surface area contributed by atoms with Gasteiger partial charge >= 0.3 is 0 Å². The maximum absolute atomic E-state index is 13.5. The number of rotatable bonds is 7. The summed E-state index contributed by atoms with van der Waals surface area (Å²) >= 11 is 1.57. The number of hydrogen-bond acceptors (Lipinski definition) is 6. The molecule has 0 unspecified atom stereocenters. The van der Waals surface area contributed by atoms with Crippen molar-refractivity contribution in [1.29, 1.82) is 0 Å². The zero-order valence-electron chi connectivity index (χ0n) is 22.4. The highest BCUT2D eigenvalue weighted by Crippen LogP contribution is 2.35. The zero-order valence-corrected chi connectivity index (χ0v) is 23.2. The third-order valence-corrected chi connectivity index (χ3v) is 8.75. The number of anilines is 1. The van der Waals surface area contributed by atoms with Gasteiger partial charge in [0.2, 0.25) is 0 Å². The van der Waals surface area contributed by atoms with E-state index in [2.05, 4.69) is 24.3 Å². The van der Waals surface area contributed by atoms with Crippen molar-refractivity contribution in [2.45, 2.75) is 44.2 Å². The number of likely N-dealkylation sites (tertiary alicyclic amines) is 1. The highest BCUT2D eigenvalue weighted by atomic mass is 32.1. The summed E-state index contributed by atoms with van der Waals surface area (Å²) in [7, 11) is 4.22. The van der Waals surface area contributed by atoms with Gasteiger partial charge < -0.3 is 15.5 Å². The lowest BCUT2D eigenvalue weighted by molar-refractivity contribution is -0.103. The molecule has 1 fully saturated rings. The number of thiazole rings is 1. The Morgan fingerprint density at radius 2 is 1.90 bits per heavy atom. The van der Waals surface area contributed by atoms with Crippen LogP contribution in [0.2, 0.25) is 0 Å². The molecular formula is C30H35N6O2S+. The van der Waals surface area contributed by atoms with Crippen molar-refractivity contribution in [3.63, 3.8) is 0 Å². The number of aryl methyl sites for hydroxylation is 1.